The molecule has 3 heterocycles. The molecule has 2 aromatic heterocycles. The van der Waals surface area contributed by atoms with Gasteiger partial charge in [-0.2, -0.15) is 0 Å². The average molecular weight is 398 g/mol. The van der Waals surface area contributed by atoms with Gasteiger partial charge in [0, 0.05) is 22.9 Å². The van der Waals surface area contributed by atoms with Crippen LogP contribution in [-0.2, 0) is 18.6 Å². The summed E-state index contributed by atoms with van der Waals surface area (Å²) in [5.41, 5.74) is 1.48. The maximum absolute atomic E-state index is 9.91. The highest BCUT2D eigenvalue weighted by Crippen LogP contribution is 2.41. The normalized spacial score (nSPS) is 17.6. The summed E-state index contributed by atoms with van der Waals surface area (Å²) >= 11 is 3.65. The number of hydrogen-bond acceptors (Lipinski definition) is 6. The summed E-state index contributed by atoms with van der Waals surface area (Å²) in [4.78, 5) is 16.2. The zero-order valence-corrected chi connectivity index (χ0v) is 16.9. The summed E-state index contributed by atoms with van der Waals surface area (Å²) in [7, 11) is 0. The van der Waals surface area contributed by atoms with Crippen molar-refractivity contribution in [2.75, 3.05) is 18.0 Å². The molecule has 2 aliphatic rings. The van der Waals surface area contributed by atoms with Crippen LogP contribution in [0.5, 0.6) is 0 Å². The number of fused-ring (bicyclic) bond motifs is 3. The Labute approximate surface area is 167 Å². The second kappa shape index (κ2) is 7.41. The van der Waals surface area contributed by atoms with Gasteiger partial charge in [-0.3, -0.25) is 0 Å². The first-order valence-corrected chi connectivity index (χ1v) is 11.5. The molecule has 1 saturated heterocycles. The van der Waals surface area contributed by atoms with Crippen LogP contribution in [0.15, 0.2) is 35.2 Å². The first-order chi connectivity index (χ1) is 13.3. The van der Waals surface area contributed by atoms with Crippen molar-refractivity contribution in [3.05, 3.63) is 46.6 Å². The van der Waals surface area contributed by atoms with E-state index < -0.39 is 0 Å². The fourth-order valence-electron chi connectivity index (χ4n) is 4.06. The van der Waals surface area contributed by atoms with Gasteiger partial charge in [0.05, 0.1) is 17.2 Å². The fourth-order valence-corrected chi connectivity index (χ4v) is 6.10. The van der Waals surface area contributed by atoms with Gasteiger partial charge in [0.2, 0.25) is 0 Å². The van der Waals surface area contributed by atoms with Crippen molar-refractivity contribution >= 4 is 39.1 Å². The molecule has 1 aliphatic heterocycles. The molecule has 1 aromatic carbocycles. The van der Waals surface area contributed by atoms with Gasteiger partial charge in [0.15, 0.2) is 0 Å². The van der Waals surface area contributed by atoms with Crippen molar-refractivity contribution in [3.63, 3.8) is 0 Å². The number of hydrogen-bond donors (Lipinski definition) is 1. The molecular weight excluding hydrogens is 374 g/mol. The van der Waals surface area contributed by atoms with Crippen LogP contribution < -0.4 is 4.90 Å². The van der Waals surface area contributed by atoms with Gasteiger partial charge in [0.25, 0.3) is 0 Å². The van der Waals surface area contributed by atoms with Gasteiger partial charge in [-0.25, -0.2) is 9.97 Å². The van der Waals surface area contributed by atoms with E-state index in [1.54, 1.807) is 11.8 Å². The number of aryl methyl sites for hydroxylation is 2. The predicted molar refractivity (Wildman–Crippen MR) is 113 cm³/mol. The monoisotopic (exact) mass is 397 g/mol. The number of aliphatic hydroxyl groups is 1. The molecule has 1 aliphatic carbocycles. The van der Waals surface area contributed by atoms with Gasteiger partial charge < -0.3 is 10.0 Å². The molecular formula is C21H23N3OS2. The number of thioether (sulfide) groups is 1. The maximum atomic E-state index is 9.91. The van der Waals surface area contributed by atoms with E-state index in [0.717, 1.165) is 54.6 Å². The highest BCUT2D eigenvalue weighted by Gasteiger charge is 2.26. The Morgan fingerprint density at radius 3 is 2.74 bits per heavy atom. The molecule has 0 amide bonds. The summed E-state index contributed by atoms with van der Waals surface area (Å²) in [5.74, 6) is 2.80. The number of aliphatic hydroxyl groups excluding tert-OH is 1. The number of rotatable bonds is 4. The van der Waals surface area contributed by atoms with E-state index in [0.29, 0.717) is 0 Å². The minimum Gasteiger partial charge on any atom is -0.393 e. The van der Waals surface area contributed by atoms with Crippen molar-refractivity contribution in [2.24, 2.45) is 0 Å². The number of piperidine rings is 1. The van der Waals surface area contributed by atoms with Crippen molar-refractivity contribution in [3.8, 4) is 0 Å². The maximum Gasteiger partial charge on any atom is 0.142 e. The zero-order chi connectivity index (χ0) is 18.2. The van der Waals surface area contributed by atoms with Crippen LogP contribution in [0, 0.1) is 0 Å². The minimum atomic E-state index is -0.167. The van der Waals surface area contributed by atoms with Gasteiger partial charge in [-0.1, -0.05) is 18.2 Å². The first kappa shape index (κ1) is 17.5. The first-order valence-electron chi connectivity index (χ1n) is 9.70. The number of nitrogens with zero attached hydrogens (tertiary/aromatic N) is 3. The largest absolute Gasteiger partial charge is 0.393 e. The van der Waals surface area contributed by atoms with Crippen molar-refractivity contribution in [2.45, 2.75) is 48.9 Å². The topological polar surface area (TPSA) is 49.2 Å². The van der Waals surface area contributed by atoms with E-state index in [4.69, 9.17) is 9.97 Å². The van der Waals surface area contributed by atoms with Gasteiger partial charge >= 0.3 is 0 Å². The van der Waals surface area contributed by atoms with Crippen LogP contribution >= 0.6 is 23.1 Å². The van der Waals surface area contributed by atoms with Gasteiger partial charge in [-0.05, 0) is 49.8 Å². The van der Waals surface area contributed by atoms with Crippen molar-refractivity contribution < 1.29 is 5.11 Å². The van der Waals surface area contributed by atoms with E-state index in [1.165, 1.54) is 33.6 Å². The standard InChI is InChI=1S/C21H23N3OS2/c25-14-9-11-24(12-10-14)20-19-16-7-4-8-17(16)27-21(19)23-18(22-20)13-26-15-5-2-1-3-6-15/h1-3,5-6,14,25H,4,7-13H2. The third-order valence-corrected chi connectivity index (χ3v) is 7.66. The molecule has 6 heteroatoms. The molecule has 27 heavy (non-hydrogen) atoms. The summed E-state index contributed by atoms with van der Waals surface area (Å²) in [6.45, 7) is 1.76. The lowest BCUT2D eigenvalue weighted by Crippen LogP contribution is -2.36. The average Bonchev–Trinajstić information content (AvgIpc) is 3.28. The molecule has 0 atom stereocenters. The zero-order valence-electron chi connectivity index (χ0n) is 15.2. The summed E-state index contributed by atoms with van der Waals surface area (Å²) in [6.07, 6.45) is 5.07. The third kappa shape index (κ3) is 3.46. The highest BCUT2D eigenvalue weighted by molar-refractivity contribution is 7.98. The molecule has 5 rings (SSSR count). The molecule has 1 N–H and O–H groups in total. The van der Waals surface area contributed by atoms with Crippen LogP contribution in [0.25, 0.3) is 10.2 Å². The Bertz CT molecular complexity index is 949. The van der Waals surface area contributed by atoms with Crippen LogP contribution in [-0.4, -0.2) is 34.3 Å². The van der Waals surface area contributed by atoms with E-state index >= 15 is 0 Å². The number of aromatic nitrogens is 2. The Morgan fingerprint density at radius 1 is 1.11 bits per heavy atom. The molecule has 4 nitrogen and oxygen atoms in total. The van der Waals surface area contributed by atoms with E-state index in [-0.39, 0.29) is 6.10 Å². The molecule has 0 spiro atoms. The van der Waals surface area contributed by atoms with E-state index in [2.05, 4.69) is 29.2 Å². The lowest BCUT2D eigenvalue weighted by molar-refractivity contribution is 0.145. The lowest BCUT2D eigenvalue weighted by Gasteiger charge is -2.31. The van der Waals surface area contributed by atoms with Gasteiger partial charge in [-0.15, -0.1) is 23.1 Å². The Morgan fingerprint density at radius 2 is 1.93 bits per heavy atom. The fraction of sp³-hybridized carbons (Fsp3) is 0.429. The van der Waals surface area contributed by atoms with Crippen LogP contribution in [0.1, 0.15) is 35.5 Å². The molecule has 0 radical (unpaired) electrons. The van der Waals surface area contributed by atoms with Gasteiger partial charge in [0.1, 0.15) is 16.5 Å². The SMILES string of the molecule is OC1CCN(c2nc(CSc3ccccc3)nc3sc4c(c23)CCC4)CC1. The Hall–Kier alpha value is -1.63. The molecule has 0 saturated carbocycles. The third-order valence-electron chi connectivity index (χ3n) is 5.47. The van der Waals surface area contributed by atoms with Crippen LogP contribution in [0.2, 0.25) is 0 Å². The van der Waals surface area contributed by atoms with Crippen LogP contribution in [0.4, 0.5) is 5.82 Å². The quantitative estimate of drug-likeness (QED) is 0.660. The molecule has 140 valence electrons. The van der Waals surface area contributed by atoms with Crippen molar-refractivity contribution in [1.29, 1.82) is 0 Å². The number of benzene rings is 1. The molecule has 0 bridgehead atoms. The molecule has 0 unspecified atom stereocenters. The smallest absolute Gasteiger partial charge is 0.142 e. The Kier molecular flexibility index (Phi) is 4.80. The minimum absolute atomic E-state index is 0.167. The highest BCUT2D eigenvalue weighted by atomic mass is 32.2. The number of thiophene rings is 1. The Balaban J connectivity index is 1.51. The number of anilines is 1. The second-order valence-corrected chi connectivity index (χ2v) is 9.45. The summed E-state index contributed by atoms with van der Waals surface area (Å²) in [6, 6.07) is 10.5. The second-order valence-electron chi connectivity index (χ2n) is 7.32. The summed E-state index contributed by atoms with van der Waals surface area (Å²) < 4.78 is 0. The lowest BCUT2D eigenvalue weighted by atomic mass is 10.1. The van der Waals surface area contributed by atoms with E-state index in [1.807, 2.05) is 17.4 Å². The predicted octanol–water partition coefficient (Wildman–Crippen LogP) is 4.43. The van der Waals surface area contributed by atoms with Crippen LogP contribution in [0.3, 0.4) is 0 Å². The molecule has 3 aromatic rings. The molecule has 1 fully saturated rings. The van der Waals surface area contributed by atoms with E-state index in [9.17, 15) is 5.11 Å². The van der Waals surface area contributed by atoms with Crippen molar-refractivity contribution in [1.82, 2.24) is 9.97 Å². The summed E-state index contributed by atoms with van der Waals surface area (Å²) in [5, 5.41) is 11.2.